The van der Waals surface area contributed by atoms with Gasteiger partial charge in [0.2, 0.25) is 0 Å². The fourth-order valence-electron chi connectivity index (χ4n) is 4.87. The number of carbonyl (C=O) groups is 3. The minimum atomic E-state index is -1.26. The summed E-state index contributed by atoms with van der Waals surface area (Å²) in [5.74, 6) is -2.10. The number of hydrogen-bond acceptors (Lipinski definition) is 5. The van der Waals surface area contributed by atoms with Crippen LogP contribution in [0.1, 0.15) is 56.4 Å². The number of hydrogen-bond donors (Lipinski definition) is 3. The van der Waals surface area contributed by atoms with E-state index in [9.17, 15) is 14.4 Å². The standard InChI is InChI=1S/C20H28N2O2.C4H4O4/c23-19(24-20-10-13-22(14-11-20)15-12-20)21-18-9-5-4-8-17(18)16-6-2-1-3-7-16;5-3(6)1-2-4(7)8/h1-3,6-7,17-18H,4-5,8-15H2,(H,21,23);1-2H,(H,5,6)(H,7,8)/b;2-1+/t17-,18+;/m1./s1. The van der Waals surface area contributed by atoms with Crippen molar-refractivity contribution in [3.63, 3.8) is 0 Å². The second-order valence-corrected chi connectivity index (χ2v) is 8.73. The van der Waals surface area contributed by atoms with Crippen molar-refractivity contribution in [2.75, 3.05) is 19.6 Å². The second-order valence-electron chi connectivity index (χ2n) is 8.73. The largest absolute Gasteiger partial charge is 0.478 e. The molecule has 32 heavy (non-hydrogen) atoms. The molecule has 4 fully saturated rings. The van der Waals surface area contributed by atoms with E-state index >= 15 is 0 Å². The van der Waals surface area contributed by atoms with E-state index in [1.807, 2.05) is 0 Å². The number of alkyl carbamates (subject to hydrolysis) is 1. The van der Waals surface area contributed by atoms with Crippen LogP contribution in [0.15, 0.2) is 42.5 Å². The Kier molecular flexibility index (Phi) is 8.27. The van der Waals surface area contributed by atoms with Gasteiger partial charge in [-0.2, -0.15) is 0 Å². The zero-order valence-electron chi connectivity index (χ0n) is 18.2. The number of amides is 1. The molecule has 0 spiro atoms. The van der Waals surface area contributed by atoms with E-state index in [1.54, 1.807) is 0 Å². The fraction of sp³-hybridized carbons (Fsp3) is 0.542. The number of benzene rings is 1. The van der Waals surface area contributed by atoms with Crippen molar-refractivity contribution < 1.29 is 29.3 Å². The molecule has 0 unspecified atom stereocenters. The van der Waals surface area contributed by atoms with E-state index in [4.69, 9.17) is 14.9 Å². The number of nitrogens with one attached hydrogen (secondary N) is 1. The molecule has 1 aromatic carbocycles. The fourth-order valence-corrected chi connectivity index (χ4v) is 4.87. The SMILES string of the molecule is O=C(N[C@H]1CCCC[C@@H]1c1ccccc1)OC12CCN(CC1)CC2.O=C(O)/C=C/C(=O)O. The normalized spacial score (nSPS) is 28.9. The molecule has 3 saturated heterocycles. The molecule has 1 saturated carbocycles. The number of rotatable bonds is 5. The molecule has 174 valence electrons. The Morgan fingerprint density at radius 2 is 1.50 bits per heavy atom. The lowest BCUT2D eigenvalue weighted by molar-refractivity contribution is -0.134. The van der Waals surface area contributed by atoms with Gasteiger partial charge in [0.05, 0.1) is 0 Å². The van der Waals surface area contributed by atoms with Crippen LogP contribution in [0.3, 0.4) is 0 Å². The first-order valence-electron chi connectivity index (χ1n) is 11.3. The van der Waals surface area contributed by atoms with Gasteiger partial charge >= 0.3 is 18.0 Å². The van der Waals surface area contributed by atoms with Crippen LogP contribution in [0.2, 0.25) is 0 Å². The molecule has 1 aromatic rings. The Hall–Kier alpha value is -2.87. The third-order valence-corrected chi connectivity index (χ3v) is 6.63. The lowest BCUT2D eigenvalue weighted by atomic mass is 9.80. The summed E-state index contributed by atoms with van der Waals surface area (Å²) in [5.41, 5.74) is 1.14. The number of ether oxygens (including phenoxy) is 1. The third-order valence-electron chi connectivity index (χ3n) is 6.63. The number of carboxylic acids is 2. The summed E-state index contributed by atoms with van der Waals surface area (Å²) in [4.78, 5) is 34.2. The first-order chi connectivity index (χ1) is 15.4. The van der Waals surface area contributed by atoms with E-state index in [2.05, 4.69) is 40.5 Å². The van der Waals surface area contributed by atoms with Gasteiger partial charge in [0.1, 0.15) is 5.60 Å². The number of carboxylic acid groups (broad SMARTS) is 2. The molecule has 8 nitrogen and oxygen atoms in total. The van der Waals surface area contributed by atoms with Crippen LogP contribution in [0.4, 0.5) is 4.79 Å². The molecule has 2 bridgehead atoms. The Balaban J connectivity index is 0.000000312. The topological polar surface area (TPSA) is 116 Å². The zero-order chi connectivity index (χ0) is 23.0. The molecule has 3 aliphatic heterocycles. The van der Waals surface area contributed by atoms with E-state index in [0.29, 0.717) is 18.1 Å². The predicted molar refractivity (Wildman–Crippen MR) is 118 cm³/mol. The summed E-state index contributed by atoms with van der Waals surface area (Å²) in [6.07, 6.45) is 8.53. The zero-order valence-corrected chi connectivity index (χ0v) is 18.2. The summed E-state index contributed by atoms with van der Waals surface area (Å²) in [5, 5.41) is 18.8. The Morgan fingerprint density at radius 1 is 0.938 bits per heavy atom. The molecule has 5 rings (SSSR count). The van der Waals surface area contributed by atoms with Crippen LogP contribution in [-0.4, -0.2) is 64.4 Å². The van der Waals surface area contributed by atoms with Crippen molar-refractivity contribution in [1.29, 1.82) is 0 Å². The third kappa shape index (κ3) is 6.82. The van der Waals surface area contributed by atoms with Gasteiger partial charge in [0.15, 0.2) is 0 Å². The van der Waals surface area contributed by atoms with Gasteiger partial charge in [0, 0.05) is 63.0 Å². The average molecular weight is 445 g/mol. The summed E-state index contributed by atoms with van der Waals surface area (Å²) < 4.78 is 5.98. The maximum atomic E-state index is 12.6. The van der Waals surface area contributed by atoms with Crippen molar-refractivity contribution in [3.05, 3.63) is 48.0 Å². The summed E-state index contributed by atoms with van der Waals surface area (Å²) in [7, 11) is 0. The number of piperidine rings is 3. The van der Waals surface area contributed by atoms with Gasteiger partial charge < -0.3 is 25.2 Å². The quantitative estimate of drug-likeness (QED) is 0.596. The van der Waals surface area contributed by atoms with Gasteiger partial charge in [-0.05, 0) is 18.4 Å². The Labute approximate surface area is 188 Å². The number of carbonyl (C=O) groups excluding carboxylic acids is 1. The second kappa shape index (κ2) is 11.1. The molecule has 3 N–H and O–H groups in total. The molecule has 2 atom stereocenters. The van der Waals surface area contributed by atoms with Gasteiger partial charge in [0.25, 0.3) is 0 Å². The van der Waals surface area contributed by atoms with Gasteiger partial charge in [-0.15, -0.1) is 0 Å². The lowest BCUT2D eigenvalue weighted by Crippen LogP contribution is -2.56. The molecular formula is C24H32N2O6. The monoisotopic (exact) mass is 444 g/mol. The summed E-state index contributed by atoms with van der Waals surface area (Å²) >= 11 is 0. The first-order valence-corrected chi connectivity index (χ1v) is 11.3. The molecule has 1 amide bonds. The Morgan fingerprint density at radius 3 is 2.06 bits per heavy atom. The highest BCUT2D eigenvalue weighted by Gasteiger charge is 2.43. The van der Waals surface area contributed by atoms with Crippen molar-refractivity contribution in [1.82, 2.24) is 10.2 Å². The molecule has 1 aliphatic carbocycles. The molecule has 8 heteroatoms. The van der Waals surface area contributed by atoms with Crippen LogP contribution < -0.4 is 5.32 Å². The van der Waals surface area contributed by atoms with Crippen LogP contribution >= 0.6 is 0 Å². The molecular weight excluding hydrogens is 412 g/mol. The van der Waals surface area contributed by atoms with Crippen LogP contribution in [0.25, 0.3) is 0 Å². The van der Waals surface area contributed by atoms with E-state index in [1.165, 1.54) is 18.4 Å². The molecule has 0 aromatic heterocycles. The summed E-state index contributed by atoms with van der Waals surface area (Å²) in [6.45, 7) is 3.22. The van der Waals surface area contributed by atoms with Crippen LogP contribution in [-0.2, 0) is 14.3 Å². The smallest absolute Gasteiger partial charge is 0.407 e. The first kappa shape index (κ1) is 23.8. The van der Waals surface area contributed by atoms with Crippen molar-refractivity contribution >= 4 is 18.0 Å². The highest BCUT2D eigenvalue weighted by Crippen LogP contribution is 2.36. The maximum Gasteiger partial charge on any atom is 0.407 e. The molecule has 3 heterocycles. The number of aliphatic carboxylic acids is 2. The van der Waals surface area contributed by atoms with Crippen LogP contribution in [0, 0.1) is 0 Å². The Bertz CT molecular complexity index is 787. The molecule has 0 radical (unpaired) electrons. The van der Waals surface area contributed by atoms with Crippen LogP contribution in [0.5, 0.6) is 0 Å². The van der Waals surface area contributed by atoms with E-state index in [-0.39, 0.29) is 17.7 Å². The average Bonchev–Trinajstić information content (AvgIpc) is 2.80. The van der Waals surface area contributed by atoms with E-state index < -0.39 is 11.9 Å². The minimum absolute atomic E-state index is 0.196. The van der Waals surface area contributed by atoms with E-state index in [0.717, 1.165) is 51.7 Å². The number of fused-ring (bicyclic) bond motifs is 3. The lowest BCUT2D eigenvalue weighted by Gasteiger charge is -2.47. The highest BCUT2D eigenvalue weighted by molar-refractivity contribution is 5.89. The van der Waals surface area contributed by atoms with Gasteiger partial charge in [-0.25, -0.2) is 14.4 Å². The minimum Gasteiger partial charge on any atom is -0.478 e. The maximum absolute atomic E-state index is 12.6. The predicted octanol–water partition coefficient (Wildman–Crippen LogP) is 3.39. The van der Waals surface area contributed by atoms with Gasteiger partial charge in [-0.1, -0.05) is 43.2 Å². The van der Waals surface area contributed by atoms with Crippen molar-refractivity contribution in [3.8, 4) is 0 Å². The van der Waals surface area contributed by atoms with Crippen molar-refractivity contribution in [2.24, 2.45) is 0 Å². The summed E-state index contributed by atoms with van der Waals surface area (Å²) in [6, 6.07) is 10.8. The molecule has 4 aliphatic rings. The highest BCUT2D eigenvalue weighted by atomic mass is 16.6. The van der Waals surface area contributed by atoms with Crippen molar-refractivity contribution in [2.45, 2.75) is 62.5 Å². The number of nitrogens with zero attached hydrogens (tertiary/aromatic N) is 1. The van der Waals surface area contributed by atoms with Gasteiger partial charge in [-0.3, -0.25) is 0 Å².